The smallest absolute Gasteiger partial charge is 0.0451 e. The zero-order valence-electron chi connectivity index (χ0n) is 13.8. The van der Waals surface area contributed by atoms with Crippen LogP contribution >= 0.6 is 0 Å². The van der Waals surface area contributed by atoms with Crippen molar-refractivity contribution >= 4 is 0 Å². The van der Waals surface area contributed by atoms with E-state index in [-0.39, 0.29) is 11.5 Å². The molecule has 0 aliphatic carbocycles. The first-order valence-electron chi connectivity index (χ1n) is 7.60. The summed E-state index contributed by atoms with van der Waals surface area (Å²) in [6, 6.07) is 13.1. The van der Waals surface area contributed by atoms with Gasteiger partial charge in [-0.15, -0.1) is 0 Å². The Kier molecular flexibility index (Phi) is 4.79. The number of benzene rings is 1. The number of nitrogens with one attached hydrogen (secondary N) is 1. The molecule has 0 radical (unpaired) electrons. The van der Waals surface area contributed by atoms with Crippen LogP contribution in [0.5, 0.6) is 0 Å². The third-order valence-corrected chi connectivity index (χ3v) is 4.01. The maximum absolute atomic E-state index is 4.54. The van der Waals surface area contributed by atoms with Crippen LogP contribution < -0.4 is 5.32 Å². The van der Waals surface area contributed by atoms with Gasteiger partial charge in [-0.3, -0.25) is 4.98 Å². The Morgan fingerprint density at radius 3 is 2.43 bits per heavy atom. The molecule has 1 atom stereocenters. The molecule has 0 saturated heterocycles. The standard InChI is InChI=1S/C19H26N2/c1-14-9-8-12-21-17(14)13-18(20-5)15-10-6-7-11-16(15)19(2,3)4/h6-12,18,20H,13H2,1-5H3. The third-order valence-electron chi connectivity index (χ3n) is 4.01. The molecule has 2 aromatic rings. The first-order chi connectivity index (χ1) is 9.93. The monoisotopic (exact) mass is 282 g/mol. The van der Waals surface area contributed by atoms with Gasteiger partial charge in [0.1, 0.15) is 0 Å². The van der Waals surface area contributed by atoms with Crippen LogP contribution in [0, 0.1) is 6.92 Å². The third kappa shape index (κ3) is 3.70. The highest BCUT2D eigenvalue weighted by Gasteiger charge is 2.22. The van der Waals surface area contributed by atoms with E-state index in [4.69, 9.17) is 0 Å². The lowest BCUT2D eigenvalue weighted by Gasteiger charge is -2.27. The highest BCUT2D eigenvalue weighted by molar-refractivity contribution is 5.36. The number of pyridine rings is 1. The highest BCUT2D eigenvalue weighted by atomic mass is 14.9. The highest BCUT2D eigenvalue weighted by Crippen LogP contribution is 2.31. The second-order valence-electron chi connectivity index (χ2n) is 6.65. The molecule has 1 N–H and O–H groups in total. The Morgan fingerprint density at radius 1 is 1.10 bits per heavy atom. The molecular weight excluding hydrogens is 256 g/mol. The first kappa shape index (κ1) is 15.7. The molecule has 112 valence electrons. The number of aromatic nitrogens is 1. The molecule has 1 unspecified atom stereocenters. The molecule has 0 saturated carbocycles. The normalized spacial score (nSPS) is 13.2. The van der Waals surface area contributed by atoms with Gasteiger partial charge >= 0.3 is 0 Å². The molecule has 0 fully saturated rings. The van der Waals surface area contributed by atoms with Crippen LogP contribution in [0.4, 0.5) is 0 Å². The van der Waals surface area contributed by atoms with E-state index in [0.29, 0.717) is 0 Å². The van der Waals surface area contributed by atoms with Gasteiger partial charge in [-0.25, -0.2) is 0 Å². The first-order valence-corrected chi connectivity index (χ1v) is 7.60. The van der Waals surface area contributed by atoms with Crippen LogP contribution in [0.15, 0.2) is 42.6 Å². The SMILES string of the molecule is CNC(Cc1ncccc1C)c1ccccc1C(C)(C)C. The molecular formula is C19H26N2. The van der Waals surface area contributed by atoms with Crippen LogP contribution in [0.2, 0.25) is 0 Å². The molecule has 0 amide bonds. The average Bonchev–Trinajstić information content (AvgIpc) is 2.45. The summed E-state index contributed by atoms with van der Waals surface area (Å²) in [4.78, 5) is 4.54. The largest absolute Gasteiger partial charge is 0.313 e. The van der Waals surface area contributed by atoms with Crippen molar-refractivity contribution in [3.63, 3.8) is 0 Å². The summed E-state index contributed by atoms with van der Waals surface area (Å²) in [6.45, 7) is 8.93. The summed E-state index contributed by atoms with van der Waals surface area (Å²) in [5.41, 5.74) is 5.34. The van der Waals surface area contributed by atoms with Gasteiger partial charge in [0.2, 0.25) is 0 Å². The van der Waals surface area contributed by atoms with Crippen molar-refractivity contribution in [3.8, 4) is 0 Å². The van der Waals surface area contributed by atoms with E-state index < -0.39 is 0 Å². The molecule has 2 heteroatoms. The summed E-state index contributed by atoms with van der Waals surface area (Å²) in [5, 5.41) is 3.47. The van der Waals surface area contributed by atoms with Gasteiger partial charge in [0, 0.05) is 24.4 Å². The minimum Gasteiger partial charge on any atom is -0.313 e. The van der Waals surface area contributed by atoms with Gasteiger partial charge in [-0.1, -0.05) is 51.1 Å². The summed E-state index contributed by atoms with van der Waals surface area (Å²) < 4.78 is 0. The molecule has 1 aromatic heterocycles. The number of hydrogen-bond acceptors (Lipinski definition) is 2. The molecule has 21 heavy (non-hydrogen) atoms. The molecule has 0 spiro atoms. The molecule has 1 heterocycles. The molecule has 0 aliphatic rings. The molecule has 0 aliphatic heterocycles. The van der Waals surface area contributed by atoms with Crippen LogP contribution in [-0.4, -0.2) is 12.0 Å². The molecule has 2 rings (SSSR count). The number of aryl methyl sites for hydroxylation is 1. The number of rotatable bonds is 4. The predicted molar refractivity (Wildman–Crippen MR) is 89.6 cm³/mol. The maximum Gasteiger partial charge on any atom is 0.0451 e. The van der Waals surface area contributed by atoms with E-state index in [1.54, 1.807) is 0 Å². The van der Waals surface area contributed by atoms with Crippen molar-refractivity contribution in [1.82, 2.24) is 10.3 Å². The van der Waals surface area contributed by atoms with Crippen molar-refractivity contribution in [1.29, 1.82) is 0 Å². The quantitative estimate of drug-likeness (QED) is 0.909. The predicted octanol–water partition coefficient (Wildman–Crippen LogP) is 4.19. The number of nitrogens with zero attached hydrogens (tertiary/aromatic N) is 1. The van der Waals surface area contributed by atoms with Gasteiger partial charge in [0.25, 0.3) is 0 Å². The summed E-state index contributed by atoms with van der Waals surface area (Å²) in [7, 11) is 2.03. The van der Waals surface area contributed by atoms with E-state index in [9.17, 15) is 0 Å². The Bertz CT molecular complexity index is 597. The Labute approximate surface area is 128 Å². The van der Waals surface area contributed by atoms with Crippen molar-refractivity contribution < 1.29 is 0 Å². The van der Waals surface area contributed by atoms with Crippen molar-refractivity contribution in [2.75, 3.05) is 7.05 Å². The Hall–Kier alpha value is -1.67. The average molecular weight is 282 g/mol. The minimum absolute atomic E-state index is 0.144. The van der Waals surface area contributed by atoms with Gasteiger partial charge in [-0.05, 0) is 42.1 Å². The number of likely N-dealkylation sites (N-methyl/N-ethyl adjacent to an activating group) is 1. The summed E-state index contributed by atoms with van der Waals surface area (Å²) in [6.07, 6.45) is 2.79. The van der Waals surface area contributed by atoms with Crippen LogP contribution in [0.3, 0.4) is 0 Å². The van der Waals surface area contributed by atoms with Crippen molar-refractivity contribution in [2.45, 2.75) is 45.6 Å². The fourth-order valence-corrected chi connectivity index (χ4v) is 2.78. The van der Waals surface area contributed by atoms with Gasteiger partial charge in [-0.2, -0.15) is 0 Å². The minimum atomic E-state index is 0.144. The van der Waals surface area contributed by atoms with Crippen LogP contribution in [0.25, 0.3) is 0 Å². The van der Waals surface area contributed by atoms with Gasteiger partial charge in [0.15, 0.2) is 0 Å². The fraction of sp³-hybridized carbons (Fsp3) is 0.421. The van der Waals surface area contributed by atoms with E-state index in [0.717, 1.165) is 6.42 Å². The topological polar surface area (TPSA) is 24.9 Å². The van der Waals surface area contributed by atoms with Crippen LogP contribution in [-0.2, 0) is 11.8 Å². The van der Waals surface area contributed by atoms with Crippen molar-refractivity contribution in [3.05, 3.63) is 65.0 Å². The zero-order valence-corrected chi connectivity index (χ0v) is 13.8. The van der Waals surface area contributed by atoms with Gasteiger partial charge < -0.3 is 5.32 Å². The lowest BCUT2D eigenvalue weighted by Crippen LogP contribution is -2.24. The second-order valence-corrected chi connectivity index (χ2v) is 6.65. The Balaban J connectivity index is 2.37. The van der Waals surface area contributed by atoms with Crippen LogP contribution in [0.1, 0.15) is 49.2 Å². The number of hydrogen-bond donors (Lipinski definition) is 1. The lowest BCUT2D eigenvalue weighted by molar-refractivity contribution is 0.535. The van der Waals surface area contributed by atoms with Crippen molar-refractivity contribution in [2.24, 2.45) is 0 Å². The lowest BCUT2D eigenvalue weighted by atomic mass is 9.81. The van der Waals surface area contributed by atoms with E-state index in [2.05, 4.69) is 68.3 Å². The summed E-state index contributed by atoms with van der Waals surface area (Å²) in [5.74, 6) is 0. The maximum atomic E-state index is 4.54. The second kappa shape index (κ2) is 6.40. The zero-order chi connectivity index (χ0) is 15.5. The molecule has 0 bridgehead atoms. The van der Waals surface area contributed by atoms with Gasteiger partial charge in [0.05, 0.1) is 0 Å². The fourth-order valence-electron chi connectivity index (χ4n) is 2.78. The Morgan fingerprint density at radius 2 is 1.81 bits per heavy atom. The van der Waals surface area contributed by atoms with E-state index >= 15 is 0 Å². The molecule has 2 nitrogen and oxygen atoms in total. The van der Waals surface area contributed by atoms with E-state index in [1.807, 2.05) is 19.3 Å². The summed E-state index contributed by atoms with van der Waals surface area (Å²) >= 11 is 0. The van der Waals surface area contributed by atoms with E-state index in [1.165, 1.54) is 22.4 Å². The molecule has 1 aromatic carbocycles.